The summed E-state index contributed by atoms with van der Waals surface area (Å²) in [6.45, 7) is 6.03. The van der Waals surface area contributed by atoms with Crippen molar-refractivity contribution in [3.63, 3.8) is 0 Å². The lowest BCUT2D eigenvalue weighted by atomic mass is 10.2. The number of likely N-dealkylation sites (tertiary alicyclic amines) is 1. The van der Waals surface area contributed by atoms with Crippen LogP contribution in [0.3, 0.4) is 0 Å². The second kappa shape index (κ2) is 7.06. The number of sulfonamides is 1. The van der Waals surface area contributed by atoms with Crippen LogP contribution in [0.15, 0.2) is 24.3 Å². The molecule has 1 aromatic carbocycles. The zero-order valence-electron chi connectivity index (χ0n) is 14.1. The number of hydrogen-bond donors (Lipinski definition) is 1. The van der Waals surface area contributed by atoms with Gasteiger partial charge in [-0.15, -0.1) is 0 Å². The standard InChI is InChI=1S/C16H23FN2O4S/c1-16(2,3)23-15(20)19-8-7-14(10-19)18-24(21,22)11-12-5-4-6-13(17)9-12/h4-6,9,14,18H,7-8,10-11H2,1-3H3/t14-/m1/s1. The van der Waals surface area contributed by atoms with E-state index < -0.39 is 27.5 Å². The fraction of sp³-hybridized carbons (Fsp3) is 0.562. The van der Waals surface area contributed by atoms with Gasteiger partial charge in [0.1, 0.15) is 11.4 Å². The molecule has 1 saturated heterocycles. The van der Waals surface area contributed by atoms with Crippen LogP contribution in [0.1, 0.15) is 32.8 Å². The van der Waals surface area contributed by atoms with Gasteiger partial charge in [-0.05, 0) is 44.9 Å². The highest BCUT2D eigenvalue weighted by atomic mass is 32.2. The van der Waals surface area contributed by atoms with Crippen molar-refractivity contribution in [1.82, 2.24) is 9.62 Å². The summed E-state index contributed by atoms with van der Waals surface area (Å²) < 4.78 is 45.4. The fourth-order valence-corrected chi connectivity index (χ4v) is 3.89. The van der Waals surface area contributed by atoms with Gasteiger partial charge in [0.2, 0.25) is 10.0 Å². The smallest absolute Gasteiger partial charge is 0.410 e. The molecule has 1 aliphatic heterocycles. The van der Waals surface area contributed by atoms with Crippen LogP contribution in [0.5, 0.6) is 0 Å². The third kappa shape index (κ3) is 5.76. The quantitative estimate of drug-likeness (QED) is 0.896. The summed E-state index contributed by atoms with van der Waals surface area (Å²) in [4.78, 5) is 13.5. The van der Waals surface area contributed by atoms with Gasteiger partial charge in [0.15, 0.2) is 0 Å². The number of hydrogen-bond acceptors (Lipinski definition) is 4. The molecular formula is C16H23FN2O4S. The zero-order chi connectivity index (χ0) is 18.0. The van der Waals surface area contributed by atoms with Gasteiger partial charge in [-0.3, -0.25) is 0 Å². The Labute approximate surface area is 142 Å². The topological polar surface area (TPSA) is 75.7 Å². The monoisotopic (exact) mass is 358 g/mol. The molecule has 1 aromatic rings. The van der Waals surface area contributed by atoms with Crippen LogP contribution in [-0.2, 0) is 20.5 Å². The van der Waals surface area contributed by atoms with Gasteiger partial charge < -0.3 is 9.64 Å². The molecule has 8 heteroatoms. The van der Waals surface area contributed by atoms with Crippen molar-refractivity contribution in [2.45, 2.75) is 44.6 Å². The van der Waals surface area contributed by atoms with Crippen molar-refractivity contribution < 1.29 is 22.3 Å². The zero-order valence-corrected chi connectivity index (χ0v) is 14.9. The number of nitrogens with zero attached hydrogens (tertiary/aromatic N) is 1. The van der Waals surface area contributed by atoms with E-state index in [1.54, 1.807) is 26.8 Å². The lowest BCUT2D eigenvalue weighted by Gasteiger charge is -2.24. The molecule has 0 aliphatic carbocycles. The van der Waals surface area contributed by atoms with Crippen LogP contribution >= 0.6 is 0 Å². The van der Waals surface area contributed by atoms with Crippen molar-refractivity contribution >= 4 is 16.1 Å². The van der Waals surface area contributed by atoms with Gasteiger partial charge in [-0.25, -0.2) is 22.3 Å². The molecular weight excluding hydrogens is 335 g/mol. The van der Waals surface area contributed by atoms with Crippen molar-refractivity contribution in [1.29, 1.82) is 0 Å². The third-order valence-electron chi connectivity index (χ3n) is 3.43. The van der Waals surface area contributed by atoms with Crippen molar-refractivity contribution in [3.05, 3.63) is 35.6 Å². The van der Waals surface area contributed by atoms with Crippen molar-refractivity contribution in [3.8, 4) is 0 Å². The predicted octanol–water partition coefficient (Wildman–Crippen LogP) is 2.25. The molecule has 0 spiro atoms. The summed E-state index contributed by atoms with van der Waals surface area (Å²) in [5, 5.41) is 0. The Hall–Kier alpha value is -1.67. The number of carbonyl (C=O) groups excluding carboxylic acids is 1. The Balaban J connectivity index is 1.91. The number of ether oxygens (including phenoxy) is 1. The average Bonchev–Trinajstić information content (AvgIpc) is 2.83. The molecule has 6 nitrogen and oxygen atoms in total. The van der Waals surface area contributed by atoms with E-state index in [9.17, 15) is 17.6 Å². The molecule has 0 bridgehead atoms. The predicted molar refractivity (Wildman–Crippen MR) is 88.4 cm³/mol. The van der Waals surface area contributed by atoms with E-state index in [2.05, 4.69) is 4.72 Å². The Morgan fingerprint density at radius 3 is 2.75 bits per heavy atom. The Morgan fingerprint density at radius 2 is 2.12 bits per heavy atom. The first kappa shape index (κ1) is 18.7. The van der Waals surface area contributed by atoms with E-state index in [0.717, 1.165) is 0 Å². The molecule has 0 aromatic heterocycles. The SMILES string of the molecule is CC(C)(C)OC(=O)N1CC[C@@H](NS(=O)(=O)Cc2cccc(F)c2)C1. The molecule has 24 heavy (non-hydrogen) atoms. The van der Waals surface area contributed by atoms with Gasteiger partial charge in [-0.1, -0.05) is 12.1 Å². The minimum absolute atomic E-state index is 0.261. The Bertz CT molecular complexity index is 700. The maximum absolute atomic E-state index is 13.1. The lowest BCUT2D eigenvalue weighted by molar-refractivity contribution is 0.0292. The fourth-order valence-electron chi connectivity index (χ4n) is 2.49. The minimum atomic E-state index is -3.61. The third-order valence-corrected chi connectivity index (χ3v) is 4.84. The molecule has 0 radical (unpaired) electrons. The summed E-state index contributed by atoms with van der Waals surface area (Å²) in [6.07, 6.45) is 0.0658. The van der Waals surface area contributed by atoms with Crippen LogP contribution in [0, 0.1) is 5.82 Å². The average molecular weight is 358 g/mol. The number of halogens is 1. The van der Waals surface area contributed by atoms with E-state index in [4.69, 9.17) is 4.74 Å². The number of amides is 1. The van der Waals surface area contributed by atoms with Crippen LogP contribution in [0.25, 0.3) is 0 Å². The molecule has 1 fully saturated rings. The molecule has 0 unspecified atom stereocenters. The molecule has 1 atom stereocenters. The van der Waals surface area contributed by atoms with Crippen molar-refractivity contribution in [2.24, 2.45) is 0 Å². The van der Waals surface area contributed by atoms with Gasteiger partial charge >= 0.3 is 6.09 Å². The number of benzene rings is 1. The second-order valence-electron chi connectivity index (χ2n) is 6.92. The van der Waals surface area contributed by atoms with Gasteiger partial charge in [0, 0.05) is 19.1 Å². The summed E-state index contributed by atoms with van der Waals surface area (Å²) >= 11 is 0. The highest BCUT2D eigenvalue weighted by Gasteiger charge is 2.31. The van der Waals surface area contributed by atoms with E-state index >= 15 is 0 Å². The number of carbonyl (C=O) groups is 1. The largest absolute Gasteiger partial charge is 0.444 e. The van der Waals surface area contributed by atoms with E-state index in [-0.39, 0.29) is 18.3 Å². The van der Waals surface area contributed by atoms with Crippen LogP contribution in [0.2, 0.25) is 0 Å². The highest BCUT2D eigenvalue weighted by Crippen LogP contribution is 2.16. The maximum Gasteiger partial charge on any atom is 0.410 e. The molecule has 134 valence electrons. The van der Waals surface area contributed by atoms with Gasteiger partial charge in [0.05, 0.1) is 5.75 Å². The summed E-state index contributed by atoms with van der Waals surface area (Å²) in [7, 11) is -3.61. The molecule has 1 amide bonds. The van der Waals surface area contributed by atoms with Crippen LogP contribution in [0.4, 0.5) is 9.18 Å². The minimum Gasteiger partial charge on any atom is -0.444 e. The lowest BCUT2D eigenvalue weighted by Crippen LogP contribution is -2.40. The first-order valence-corrected chi connectivity index (χ1v) is 9.42. The van der Waals surface area contributed by atoms with E-state index in [0.29, 0.717) is 18.5 Å². The molecule has 1 N–H and O–H groups in total. The van der Waals surface area contributed by atoms with E-state index in [1.807, 2.05) is 0 Å². The second-order valence-corrected chi connectivity index (χ2v) is 8.67. The maximum atomic E-state index is 13.1. The normalized spacial score (nSPS) is 18.7. The summed E-state index contributed by atoms with van der Waals surface area (Å²) in [5.74, 6) is -0.770. The molecule has 1 aliphatic rings. The first-order valence-electron chi connectivity index (χ1n) is 7.76. The number of nitrogens with one attached hydrogen (secondary N) is 1. The number of rotatable bonds is 4. The van der Waals surface area contributed by atoms with Crippen LogP contribution < -0.4 is 4.72 Å². The Morgan fingerprint density at radius 1 is 1.42 bits per heavy atom. The van der Waals surface area contributed by atoms with Gasteiger partial charge in [-0.2, -0.15) is 0 Å². The Kier molecular flexibility index (Phi) is 5.49. The molecule has 2 rings (SSSR count). The summed E-state index contributed by atoms with van der Waals surface area (Å²) in [5.41, 5.74) is -0.212. The van der Waals surface area contributed by atoms with Crippen molar-refractivity contribution in [2.75, 3.05) is 13.1 Å². The molecule has 1 heterocycles. The van der Waals surface area contributed by atoms with Gasteiger partial charge in [0.25, 0.3) is 0 Å². The highest BCUT2D eigenvalue weighted by molar-refractivity contribution is 7.88. The first-order chi connectivity index (χ1) is 11.0. The van der Waals surface area contributed by atoms with Crippen LogP contribution in [-0.4, -0.2) is 44.1 Å². The molecule has 0 saturated carbocycles. The van der Waals surface area contributed by atoms with E-state index in [1.165, 1.54) is 23.1 Å². The summed E-state index contributed by atoms with van der Waals surface area (Å²) in [6, 6.07) is 5.13.